The Kier molecular flexibility index (Phi) is 8.85. The third-order valence-electron chi connectivity index (χ3n) is 4.82. The molecule has 0 spiro atoms. The maximum absolute atomic E-state index is 12.3. The van der Waals surface area contributed by atoms with Crippen molar-refractivity contribution in [2.45, 2.75) is 0 Å². The van der Waals surface area contributed by atoms with E-state index in [0.717, 1.165) is 10.6 Å². The molecule has 0 saturated carbocycles. The van der Waals surface area contributed by atoms with Gasteiger partial charge >= 0.3 is 0 Å². The van der Waals surface area contributed by atoms with Gasteiger partial charge in [-0.1, -0.05) is 23.7 Å². The third kappa shape index (κ3) is 7.44. The number of amides is 2. The Morgan fingerprint density at radius 3 is 2.50 bits per heavy atom. The summed E-state index contributed by atoms with van der Waals surface area (Å²) in [6.07, 6.45) is 2.39. The predicted molar refractivity (Wildman–Crippen MR) is 129 cm³/mol. The summed E-state index contributed by atoms with van der Waals surface area (Å²) in [7, 11) is -3.75. The Morgan fingerprint density at radius 2 is 1.85 bits per heavy atom. The van der Waals surface area contributed by atoms with Crippen LogP contribution in [0.15, 0.2) is 53.6 Å². The van der Waals surface area contributed by atoms with Crippen LogP contribution < -0.4 is 14.5 Å². The van der Waals surface area contributed by atoms with E-state index < -0.39 is 22.5 Å². The van der Waals surface area contributed by atoms with Crippen LogP contribution in [0.25, 0.3) is 0 Å². The molecule has 12 heteroatoms. The maximum Gasteiger partial charge on any atom is 0.260 e. The number of sulfonamides is 1. The van der Waals surface area contributed by atoms with Gasteiger partial charge in [-0.2, -0.15) is 5.10 Å². The highest BCUT2D eigenvalue weighted by atomic mass is 35.5. The zero-order chi connectivity index (χ0) is 24.6. The van der Waals surface area contributed by atoms with Gasteiger partial charge in [0, 0.05) is 13.1 Å². The number of ether oxygens (including phenoxy) is 2. The number of benzene rings is 2. The van der Waals surface area contributed by atoms with Gasteiger partial charge in [0.25, 0.3) is 11.8 Å². The molecule has 2 aromatic carbocycles. The molecule has 182 valence electrons. The summed E-state index contributed by atoms with van der Waals surface area (Å²) >= 11 is 6.08. The smallest absolute Gasteiger partial charge is 0.260 e. The fourth-order valence-electron chi connectivity index (χ4n) is 3.08. The zero-order valence-corrected chi connectivity index (χ0v) is 20.1. The Morgan fingerprint density at radius 1 is 1.18 bits per heavy atom. The predicted octanol–water partition coefficient (Wildman–Crippen LogP) is 1.49. The number of halogens is 1. The summed E-state index contributed by atoms with van der Waals surface area (Å²) in [5.74, 6) is -0.217. The number of carbonyl (C=O) groups excluding carboxylic acids is 2. The molecular formula is C22H25ClN4O6S. The van der Waals surface area contributed by atoms with E-state index in [0.29, 0.717) is 37.6 Å². The molecule has 3 rings (SSSR count). The minimum absolute atomic E-state index is 0.0637. The molecule has 1 fully saturated rings. The van der Waals surface area contributed by atoms with E-state index in [-0.39, 0.29) is 23.2 Å². The highest BCUT2D eigenvalue weighted by Gasteiger charge is 2.22. The number of nitrogens with zero attached hydrogens (tertiary/aromatic N) is 3. The zero-order valence-electron chi connectivity index (χ0n) is 18.5. The van der Waals surface area contributed by atoms with Crippen molar-refractivity contribution in [1.82, 2.24) is 10.3 Å². The maximum atomic E-state index is 12.3. The first-order chi connectivity index (χ1) is 16.2. The average molecular weight is 509 g/mol. The van der Waals surface area contributed by atoms with Gasteiger partial charge in [-0.3, -0.25) is 13.9 Å². The molecule has 1 heterocycles. The Bertz CT molecular complexity index is 1130. The van der Waals surface area contributed by atoms with E-state index in [4.69, 9.17) is 21.1 Å². The molecule has 34 heavy (non-hydrogen) atoms. The van der Waals surface area contributed by atoms with Crippen LogP contribution in [0.5, 0.6) is 5.75 Å². The normalized spacial score (nSPS) is 14.1. The van der Waals surface area contributed by atoms with Gasteiger partial charge in [-0.05, 0) is 42.0 Å². The van der Waals surface area contributed by atoms with Crippen LogP contribution in [0, 0.1) is 0 Å². The first kappa shape index (κ1) is 25.5. The van der Waals surface area contributed by atoms with Gasteiger partial charge in [-0.15, -0.1) is 0 Å². The van der Waals surface area contributed by atoms with Gasteiger partial charge < -0.3 is 14.4 Å². The second kappa shape index (κ2) is 11.8. The lowest BCUT2D eigenvalue weighted by atomic mass is 10.2. The molecule has 10 nitrogen and oxygen atoms in total. The number of nitrogens with one attached hydrogen (secondary N) is 1. The summed E-state index contributed by atoms with van der Waals surface area (Å²) in [6, 6.07) is 13.1. The van der Waals surface area contributed by atoms with E-state index in [2.05, 4.69) is 10.5 Å². The number of hydrogen-bond donors (Lipinski definition) is 1. The molecule has 2 amide bonds. The second-order valence-electron chi connectivity index (χ2n) is 7.37. The molecule has 0 aromatic heterocycles. The van der Waals surface area contributed by atoms with Crippen molar-refractivity contribution in [3.8, 4) is 5.75 Å². The van der Waals surface area contributed by atoms with Crippen molar-refractivity contribution in [2.75, 3.05) is 50.0 Å². The first-order valence-corrected chi connectivity index (χ1v) is 12.6. The number of morpholine rings is 1. The number of hydrogen-bond acceptors (Lipinski definition) is 7. The van der Waals surface area contributed by atoms with Crippen LogP contribution in [0.3, 0.4) is 0 Å². The van der Waals surface area contributed by atoms with Crippen molar-refractivity contribution in [2.24, 2.45) is 5.10 Å². The quantitative estimate of drug-likeness (QED) is 0.405. The SMILES string of the molecule is CS(=O)(=O)N(CC(=O)N/N=C\c1ccc(OCC(=O)N2CCOCC2)cc1)c1ccccc1Cl. The van der Waals surface area contributed by atoms with Gasteiger partial charge in [0.1, 0.15) is 12.3 Å². The highest BCUT2D eigenvalue weighted by Crippen LogP contribution is 2.26. The lowest BCUT2D eigenvalue weighted by Crippen LogP contribution is -2.42. The highest BCUT2D eigenvalue weighted by molar-refractivity contribution is 7.92. The van der Waals surface area contributed by atoms with Crippen molar-refractivity contribution in [3.05, 3.63) is 59.1 Å². The Labute approximate surface area is 203 Å². The van der Waals surface area contributed by atoms with Crippen molar-refractivity contribution in [1.29, 1.82) is 0 Å². The molecule has 0 aliphatic carbocycles. The monoisotopic (exact) mass is 508 g/mol. The minimum atomic E-state index is -3.75. The summed E-state index contributed by atoms with van der Waals surface area (Å²) < 4.78 is 35.9. The Hall–Kier alpha value is -3.15. The van der Waals surface area contributed by atoms with Crippen molar-refractivity contribution < 1.29 is 27.5 Å². The van der Waals surface area contributed by atoms with Crippen LogP contribution >= 0.6 is 11.6 Å². The van der Waals surface area contributed by atoms with E-state index >= 15 is 0 Å². The molecular weight excluding hydrogens is 484 g/mol. The molecule has 0 radical (unpaired) electrons. The van der Waals surface area contributed by atoms with E-state index in [1.807, 2.05) is 0 Å². The lowest BCUT2D eigenvalue weighted by Gasteiger charge is -2.26. The van der Waals surface area contributed by atoms with Gasteiger partial charge in [-0.25, -0.2) is 13.8 Å². The average Bonchev–Trinajstić information content (AvgIpc) is 2.82. The fraction of sp³-hybridized carbons (Fsp3) is 0.318. The molecule has 0 bridgehead atoms. The van der Waals surface area contributed by atoms with E-state index in [1.165, 1.54) is 18.3 Å². The standard InChI is InChI=1S/C22H25ClN4O6S/c1-34(30,31)27(20-5-3-2-4-19(20)23)15-21(28)25-24-14-17-6-8-18(9-7-17)33-16-22(29)26-10-12-32-13-11-26/h2-9,14H,10-13,15-16H2,1H3,(H,25,28)/b24-14-. The van der Waals surface area contributed by atoms with Crippen LogP contribution in [-0.2, 0) is 24.3 Å². The summed E-state index contributed by atoms with van der Waals surface area (Å²) in [5.41, 5.74) is 3.17. The molecule has 2 aromatic rings. The number of anilines is 1. The fourth-order valence-corrected chi connectivity index (χ4v) is 4.24. The number of para-hydroxylation sites is 1. The van der Waals surface area contributed by atoms with Crippen LogP contribution in [0.4, 0.5) is 5.69 Å². The molecule has 1 aliphatic rings. The summed E-state index contributed by atoms with van der Waals surface area (Å²) in [5, 5.41) is 4.07. The van der Waals surface area contributed by atoms with E-state index in [9.17, 15) is 18.0 Å². The molecule has 0 unspecified atom stereocenters. The minimum Gasteiger partial charge on any atom is -0.484 e. The lowest BCUT2D eigenvalue weighted by molar-refractivity contribution is -0.137. The van der Waals surface area contributed by atoms with E-state index in [1.54, 1.807) is 41.3 Å². The van der Waals surface area contributed by atoms with Gasteiger partial charge in [0.15, 0.2) is 6.61 Å². The van der Waals surface area contributed by atoms with Crippen molar-refractivity contribution in [3.63, 3.8) is 0 Å². The largest absolute Gasteiger partial charge is 0.484 e. The van der Waals surface area contributed by atoms with Crippen LogP contribution in [0.1, 0.15) is 5.56 Å². The molecule has 1 N–H and O–H groups in total. The number of hydrazone groups is 1. The molecule has 1 aliphatic heterocycles. The van der Waals surface area contributed by atoms with Crippen LogP contribution in [-0.4, -0.2) is 77.1 Å². The van der Waals surface area contributed by atoms with Crippen LogP contribution in [0.2, 0.25) is 5.02 Å². The van der Waals surface area contributed by atoms with Gasteiger partial charge in [0.05, 0.1) is 36.4 Å². The number of rotatable bonds is 9. The second-order valence-corrected chi connectivity index (χ2v) is 9.68. The van der Waals surface area contributed by atoms with Gasteiger partial charge in [0.2, 0.25) is 10.0 Å². The first-order valence-electron chi connectivity index (χ1n) is 10.4. The summed E-state index contributed by atoms with van der Waals surface area (Å²) in [4.78, 5) is 26.1. The topological polar surface area (TPSA) is 118 Å². The van der Waals surface area contributed by atoms with Crippen molar-refractivity contribution >= 4 is 45.3 Å². The molecule has 0 atom stereocenters. The molecule has 1 saturated heterocycles. The Balaban J connectivity index is 1.51. The third-order valence-corrected chi connectivity index (χ3v) is 6.26. The number of carbonyl (C=O) groups is 2. The summed E-state index contributed by atoms with van der Waals surface area (Å²) in [6.45, 7) is 1.63.